The first kappa shape index (κ1) is 18.2. The van der Waals surface area contributed by atoms with E-state index in [2.05, 4.69) is 48.7 Å². The van der Waals surface area contributed by atoms with Crippen LogP contribution in [0.25, 0.3) is 22.2 Å². The molecule has 0 aliphatic carbocycles. The first-order valence-electron chi connectivity index (χ1n) is 9.38. The van der Waals surface area contributed by atoms with Gasteiger partial charge in [0.05, 0.1) is 23.4 Å². The van der Waals surface area contributed by atoms with E-state index in [4.69, 9.17) is 4.74 Å². The molecule has 0 saturated carbocycles. The van der Waals surface area contributed by atoms with Crippen LogP contribution in [0.4, 0.5) is 0 Å². The highest BCUT2D eigenvalue weighted by atomic mass is 16.5. The number of hydrogen-bond acceptors (Lipinski definition) is 2. The molecule has 0 aliphatic heterocycles. The topological polar surface area (TPSA) is 31.2 Å². The van der Waals surface area contributed by atoms with Gasteiger partial charge in [-0.15, -0.1) is 0 Å². The number of benzene rings is 2. The van der Waals surface area contributed by atoms with Crippen molar-refractivity contribution in [2.75, 3.05) is 6.61 Å². The second-order valence-electron chi connectivity index (χ2n) is 6.96. The third-order valence-corrected chi connectivity index (χ3v) is 4.76. The molecule has 3 heteroatoms. The second-order valence-corrected chi connectivity index (χ2v) is 6.96. The number of hydrogen-bond donors (Lipinski definition) is 0. The van der Waals surface area contributed by atoms with Crippen molar-refractivity contribution < 1.29 is 9.53 Å². The maximum atomic E-state index is 13.1. The molecule has 1 aromatic heterocycles. The van der Waals surface area contributed by atoms with Crippen LogP contribution in [0.15, 0.2) is 42.5 Å². The van der Waals surface area contributed by atoms with Gasteiger partial charge in [-0.2, -0.15) is 0 Å². The van der Waals surface area contributed by atoms with Crippen molar-refractivity contribution >= 4 is 16.7 Å². The zero-order chi connectivity index (χ0) is 18.8. The van der Waals surface area contributed by atoms with Crippen LogP contribution >= 0.6 is 0 Å². The largest absolute Gasteiger partial charge is 0.494 e. The Kier molecular flexibility index (Phi) is 5.17. The molecule has 0 bridgehead atoms. The van der Waals surface area contributed by atoms with Gasteiger partial charge in [-0.1, -0.05) is 43.7 Å². The molecule has 0 radical (unpaired) electrons. The Bertz CT molecular complexity index is 933. The van der Waals surface area contributed by atoms with E-state index >= 15 is 0 Å². The van der Waals surface area contributed by atoms with Gasteiger partial charge in [-0.25, -0.2) is 0 Å². The minimum absolute atomic E-state index is 0.0540. The maximum absolute atomic E-state index is 13.1. The Morgan fingerprint density at radius 3 is 2.35 bits per heavy atom. The lowest BCUT2D eigenvalue weighted by Crippen LogP contribution is -2.09. The van der Waals surface area contributed by atoms with Gasteiger partial charge in [0.2, 0.25) is 0 Å². The van der Waals surface area contributed by atoms with Crippen molar-refractivity contribution in [1.29, 1.82) is 0 Å². The van der Waals surface area contributed by atoms with Crippen LogP contribution in [0.3, 0.4) is 0 Å². The number of Topliss-reactive ketones (excluding diaryl/α,β-unsaturated/α-hetero) is 1. The highest BCUT2D eigenvalue weighted by molar-refractivity contribution is 6.14. The smallest absolute Gasteiger partial charge is 0.168 e. The van der Waals surface area contributed by atoms with Gasteiger partial charge < -0.3 is 9.30 Å². The molecule has 3 rings (SSSR count). The van der Waals surface area contributed by atoms with E-state index in [9.17, 15) is 4.79 Å². The summed E-state index contributed by atoms with van der Waals surface area (Å²) in [5.74, 6) is 0.967. The minimum Gasteiger partial charge on any atom is -0.494 e. The molecule has 3 nitrogen and oxygen atoms in total. The standard InChI is InChI=1S/C23H27NO2/c1-6-24-20-14-18(26-7-2)12-13-19(20)21(23(25)15(3)4)22(24)17-10-8-16(5)9-11-17/h8-15H,6-7H2,1-5H3. The summed E-state index contributed by atoms with van der Waals surface area (Å²) in [5, 5.41) is 1.00. The molecule has 0 amide bonds. The Morgan fingerprint density at radius 1 is 1.08 bits per heavy atom. The van der Waals surface area contributed by atoms with Crippen LogP contribution in [0.5, 0.6) is 5.75 Å². The van der Waals surface area contributed by atoms with E-state index in [0.29, 0.717) is 6.61 Å². The average Bonchev–Trinajstić information content (AvgIpc) is 2.95. The Labute approximate surface area is 155 Å². The molecule has 0 N–H and O–H groups in total. The molecule has 3 aromatic rings. The van der Waals surface area contributed by atoms with Crippen molar-refractivity contribution in [3.05, 3.63) is 53.6 Å². The van der Waals surface area contributed by atoms with Crippen LogP contribution in [-0.4, -0.2) is 17.0 Å². The number of nitrogens with zero attached hydrogens (tertiary/aromatic N) is 1. The molecule has 0 fully saturated rings. The highest BCUT2D eigenvalue weighted by Crippen LogP contribution is 2.37. The summed E-state index contributed by atoms with van der Waals surface area (Å²) >= 11 is 0. The predicted octanol–water partition coefficient (Wildman–Crippen LogP) is 5.87. The van der Waals surface area contributed by atoms with E-state index in [0.717, 1.165) is 40.0 Å². The molecule has 2 aromatic carbocycles. The van der Waals surface area contributed by atoms with E-state index in [1.165, 1.54) is 5.56 Å². The van der Waals surface area contributed by atoms with Crippen molar-refractivity contribution in [1.82, 2.24) is 4.57 Å². The minimum atomic E-state index is -0.0540. The SMILES string of the molecule is CCOc1ccc2c(C(=O)C(C)C)c(-c3ccc(C)cc3)n(CC)c2c1. The average molecular weight is 349 g/mol. The maximum Gasteiger partial charge on any atom is 0.168 e. The molecule has 0 saturated heterocycles. The van der Waals surface area contributed by atoms with Gasteiger partial charge in [-0.3, -0.25) is 4.79 Å². The second kappa shape index (κ2) is 7.36. The normalized spacial score (nSPS) is 11.3. The number of carbonyl (C=O) groups excluding carboxylic acids is 1. The first-order chi connectivity index (χ1) is 12.5. The molecule has 136 valence electrons. The predicted molar refractivity (Wildman–Crippen MR) is 108 cm³/mol. The number of rotatable bonds is 6. The van der Waals surface area contributed by atoms with E-state index in [1.807, 2.05) is 32.9 Å². The van der Waals surface area contributed by atoms with Gasteiger partial charge in [0.25, 0.3) is 0 Å². The van der Waals surface area contributed by atoms with Gasteiger partial charge in [0, 0.05) is 23.9 Å². The summed E-state index contributed by atoms with van der Waals surface area (Å²) in [6.45, 7) is 11.5. The molecular weight excluding hydrogens is 322 g/mol. The molecule has 0 unspecified atom stereocenters. The quantitative estimate of drug-likeness (QED) is 0.521. The Morgan fingerprint density at radius 2 is 1.77 bits per heavy atom. The molecular formula is C23H27NO2. The van der Waals surface area contributed by atoms with Gasteiger partial charge >= 0.3 is 0 Å². The van der Waals surface area contributed by atoms with Crippen molar-refractivity contribution in [2.24, 2.45) is 5.92 Å². The van der Waals surface area contributed by atoms with Gasteiger partial charge in [0.15, 0.2) is 5.78 Å². The van der Waals surface area contributed by atoms with Crippen molar-refractivity contribution in [2.45, 2.75) is 41.2 Å². The van der Waals surface area contributed by atoms with Crippen molar-refractivity contribution in [3.63, 3.8) is 0 Å². The lowest BCUT2D eigenvalue weighted by atomic mass is 9.95. The third kappa shape index (κ3) is 3.14. The molecule has 26 heavy (non-hydrogen) atoms. The van der Waals surface area contributed by atoms with Crippen LogP contribution < -0.4 is 4.74 Å². The fraction of sp³-hybridized carbons (Fsp3) is 0.348. The van der Waals surface area contributed by atoms with Crippen LogP contribution in [0.2, 0.25) is 0 Å². The lowest BCUT2D eigenvalue weighted by molar-refractivity contribution is 0.0941. The fourth-order valence-electron chi connectivity index (χ4n) is 3.46. The number of aromatic nitrogens is 1. The summed E-state index contributed by atoms with van der Waals surface area (Å²) in [7, 11) is 0. The number of aryl methyl sites for hydroxylation is 2. The van der Waals surface area contributed by atoms with Crippen LogP contribution in [0.1, 0.15) is 43.6 Å². The number of ketones is 1. The monoisotopic (exact) mass is 349 g/mol. The van der Waals surface area contributed by atoms with Crippen LogP contribution in [0, 0.1) is 12.8 Å². The van der Waals surface area contributed by atoms with Crippen molar-refractivity contribution in [3.8, 4) is 17.0 Å². The van der Waals surface area contributed by atoms with Gasteiger partial charge in [-0.05, 0) is 38.5 Å². The zero-order valence-corrected chi connectivity index (χ0v) is 16.3. The summed E-state index contributed by atoms with van der Waals surface area (Å²) in [6, 6.07) is 14.5. The summed E-state index contributed by atoms with van der Waals surface area (Å²) < 4.78 is 7.93. The molecule has 0 atom stereocenters. The van der Waals surface area contributed by atoms with E-state index in [-0.39, 0.29) is 11.7 Å². The molecule has 1 heterocycles. The zero-order valence-electron chi connectivity index (χ0n) is 16.3. The Balaban J connectivity index is 2.37. The highest BCUT2D eigenvalue weighted by Gasteiger charge is 2.25. The summed E-state index contributed by atoms with van der Waals surface area (Å²) in [5.41, 5.74) is 5.18. The lowest BCUT2D eigenvalue weighted by Gasteiger charge is -2.12. The van der Waals surface area contributed by atoms with E-state index < -0.39 is 0 Å². The number of fused-ring (bicyclic) bond motifs is 1. The number of carbonyl (C=O) groups is 1. The van der Waals surface area contributed by atoms with Gasteiger partial charge in [0.1, 0.15) is 5.75 Å². The Hall–Kier alpha value is -2.55. The first-order valence-corrected chi connectivity index (χ1v) is 9.38. The molecule has 0 aliphatic rings. The summed E-state index contributed by atoms with van der Waals surface area (Å²) in [4.78, 5) is 13.1. The third-order valence-electron chi connectivity index (χ3n) is 4.76. The van der Waals surface area contributed by atoms with E-state index in [1.54, 1.807) is 0 Å². The number of ether oxygens (including phenoxy) is 1. The summed E-state index contributed by atoms with van der Waals surface area (Å²) in [6.07, 6.45) is 0. The molecule has 0 spiro atoms. The fourth-order valence-corrected chi connectivity index (χ4v) is 3.46. The van der Waals surface area contributed by atoms with Crippen LogP contribution in [-0.2, 0) is 6.54 Å².